The van der Waals surface area contributed by atoms with Gasteiger partial charge in [0, 0.05) is 38.2 Å². The van der Waals surface area contributed by atoms with Gasteiger partial charge in [-0.25, -0.2) is 8.42 Å². The summed E-state index contributed by atoms with van der Waals surface area (Å²) >= 11 is 5.92. The number of aromatic nitrogens is 1. The molecule has 0 bridgehead atoms. The van der Waals surface area contributed by atoms with Crippen molar-refractivity contribution in [2.24, 2.45) is 0 Å². The van der Waals surface area contributed by atoms with Gasteiger partial charge >= 0.3 is 6.01 Å². The van der Waals surface area contributed by atoms with Crippen LogP contribution in [0.1, 0.15) is 0 Å². The lowest BCUT2D eigenvalue weighted by Gasteiger charge is -2.31. The maximum absolute atomic E-state index is 12.9. The van der Waals surface area contributed by atoms with Gasteiger partial charge in [0.2, 0.25) is 20.7 Å². The van der Waals surface area contributed by atoms with Gasteiger partial charge in [-0.1, -0.05) is 17.7 Å². The fourth-order valence-corrected chi connectivity index (χ4v) is 4.12. The van der Waals surface area contributed by atoms with Crippen molar-refractivity contribution in [3.63, 3.8) is 0 Å². The van der Waals surface area contributed by atoms with Crippen molar-refractivity contribution in [3.8, 4) is 0 Å². The Morgan fingerprint density at radius 2 is 1.96 bits per heavy atom. The second-order valence-corrected chi connectivity index (χ2v) is 7.93. The normalized spacial score (nSPS) is 16.4. The molecule has 2 aromatic rings. The average Bonchev–Trinajstić information content (AvgIpc) is 3.00. The van der Waals surface area contributed by atoms with Crippen LogP contribution in [0.2, 0.25) is 5.02 Å². The highest BCUT2D eigenvalue weighted by Crippen LogP contribution is 2.32. The predicted octanol–water partition coefficient (Wildman–Crippen LogP) is 1.95. The van der Waals surface area contributed by atoms with Gasteiger partial charge in [-0.3, -0.25) is 0 Å². The first-order chi connectivity index (χ1) is 11.4. The highest BCUT2D eigenvalue weighted by atomic mass is 35.5. The molecule has 1 saturated heterocycles. The van der Waals surface area contributed by atoms with Gasteiger partial charge in [-0.15, -0.1) is 0 Å². The smallest absolute Gasteiger partial charge is 0.300 e. The predicted molar refractivity (Wildman–Crippen MR) is 92.7 cm³/mol. The van der Waals surface area contributed by atoms with E-state index in [9.17, 15) is 8.42 Å². The van der Waals surface area contributed by atoms with Crippen molar-refractivity contribution in [2.45, 2.75) is 9.92 Å². The van der Waals surface area contributed by atoms with Crippen molar-refractivity contribution >= 4 is 33.3 Å². The fraction of sp³-hybridized carbons (Fsp3) is 0.400. The molecule has 2 heterocycles. The summed E-state index contributed by atoms with van der Waals surface area (Å²) in [5.41, 5.74) is 0. The van der Waals surface area contributed by atoms with Crippen LogP contribution in [0, 0.1) is 0 Å². The molecule has 0 aliphatic carbocycles. The van der Waals surface area contributed by atoms with E-state index in [0.717, 1.165) is 26.2 Å². The molecule has 1 aliphatic rings. The summed E-state index contributed by atoms with van der Waals surface area (Å²) in [4.78, 5) is 8.48. The number of anilines is 2. The summed E-state index contributed by atoms with van der Waals surface area (Å²) in [6.45, 7) is 3.20. The summed E-state index contributed by atoms with van der Waals surface area (Å²) < 4.78 is 31.4. The summed E-state index contributed by atoms with van der Waals surface area (Å²) in [5.74, 6) is 0.129. The third-order valence-electron chi connectivity index (χ3n) is 3.95. The lowest BCUT2D eigenvalue weighted by Crippen LogP contribution is -2.44. The van der Waals surface area contributed by atoms with Crippen molar-refractivity contribution in [2.75, 3.05) is 50.5 Å². The second kappa shape index (κ2) is 6.62. The van der Waals surface area contributed by atoms with E-state index in [4.69, 9.17) is 16.0 Å². The van der Waals surface area contributed by atoms with Crippen LogP contribution in [0.25, 0.3) is 0 Å². The Kier molecular flexibility index (Phi) is 4.71. The molecule has 1 aromatic carbocycles. The molecule has 1 aromatic heterocycles. The third kappa shape index (κ3) is 3.22. The molecule has 0 radical (unpaired) electrons. The fourth-order valence-electron chi connectivity index (χ4n) is 2.51. The highest BCUT2D eigenvalue weighted by molar-refractivity contribution is 7.91. The molecule has 130 valence electrons. The molecule has 0 spiro atoms. The van der Waals surface area contributed by atoms with Gasteiger partial charge in [-0.2, -0.15) is 4.98 Å². The Morgan fingerprint density at radius 1 is 1.25 bits per heavy atom. The number of hydrogen-bond donors (Lipinski definition) is 1. The summed E-state index contributed by atoms with van der Waals surface area (Å²) in [7, 11) is -0.177. The number of halogens is 1. The number of nitrogens with zero attached hydrogens (tertiary/aromatic N) is 3. The SMILES string of the molecule is CNc1oc(N2CCN(C)CC2)nc1S(=O)(=O)c1cccc(Cl)c1. The molecule has 24 heavy (non-hydrogen) atoms. The lowest BCUT2D eigenvalue weighted by atomic mass is 10.3. The molecular formula is C15H19ClN4O3S. The first-order valence-electron chi connectivity index (χ1n) is 7.54. The molecule has 7 nitrogen and oxygen atoms in total. The zero-order valence-corrected chi connectivity index (χ0v) is 15.1. The summed E-state index contributed by atoms with van der Waals surface area (Å²) in [5, 5.41) is 3.00. The number of sulfone groups is 1. The van der Waals surface area contributed by atoms with Gasteiger partial charge < -0.3 is 19.5 Å². The minimum atomic E-state index is -3.82. The van der Waals surface area contributed by atoms with Crippen LogP contribution in [0.4, 0.5) is 11.9 Å². The Labute approximate surface area is 146 Å². The minimum Gasteiger partial charge on any atom is -0.406 e. The molecule has 0 atom stereocenters. The van der Waals surface area contributed by atoms with E-state index in [0.29, 0.717) is 11.0 Å². The zero-order valence-electron chi connectivity index (χ0n) is 13.5. The van der Waals surface area contributed by atoms with Crippen molar-refractivity contribution < 1.29 is 12.8 Å². The first kappa shape index (κ1) is 17.1. The van der Waals surface area contributed by atoms with Crippen LogP contribution in [0.15, 0.2) is 38.6 Å². The quantitative estimate of drug-likeness (QED) is 0.881. The Bertz CT molecular complexity index is 829. The molecule has 1 fully saturated rings. The maximum Gasteiger partial charge on any atom is 0.300 e. The number of piperazine rings is 1. The van der Waals surface area contributed by atoms with Crippen LogP contribution in [-0.2, 0) is 9.84 Å². The topological polar surface area (TPSA) is 78.7 Å². The molecule has 9 heteroatoms. The van der Waals surface area contributed by atoms with E-state index >= 15 is 0 Å². The standard InChI is InChI=1S/C15H19ClN4O3S/c1-17-13-14(24(21,22)12-5-3-4-11(16)10-12)18-15(23-13)20-8-6-19(2)7-9-20/h3-5,10,17H,6-9H2,1-2H3. The van der Waals surface area contributed by atoms with Crippen molar-refractivity contribution in [3.05, 3.63) is 29.3 Å². The van der Waals surface area contributed by atoms with Gasteiger partial charge in [0.1, 0.15) is 0 Å². The Hall–Kier alpha value is -1.77. The molecule has 0 saturated carbocycles. The Morgan fingerprint density at radius 3 is 2.58 bits per heavy atom. The number of likely N-dealkylation sites (N-methyl/N-ethyl adjacent to an activating group) is 1. The third-order valence-corrected chi connectivity index (χ3v) is 5.84. The van der Waals surface area contributed by atoms with Crippen LogP contribution >= 0.6 is 11.6 Å². The first-order valence-corrected chi connectivity index (χ1v) is 9.40. The highest BCUT2D eigenvalue weighted by Gasteiger charge is 2.30. The summed E-state index contributed by atoms with van der Waals surface area (Å²) in [6, 6.07) is 6.42. The average molecular weight is 371 g/mol. The van der Waals surface area contributed by atoms with Crippen LogP contribution in [0.3, 0.4) is 0 Å². The van der Waals surface area contributed by atoms with Crippen LogP contribution in [0.5, 0.6) is 0 Å². The van der Waals surface area contributed by atoms with Crippen LogP contribution in [-0.4, -0.2) is 58.6 Å². The number of oxazole rings is 1. The summed E-state index contributed by atoms with van der Waals surface area (Å²) in [6.07, 6.45) is 0. The number of nitrogens with one attached hydrogen (secondary N) is 1. The number of rotatable bonds is 4. The van der Waals surface area contributed by atoms with Gasteiger partial charge in [0.15, 0.2) is 0 Å². The second-order valence-electron chi connectivity index (χ2n) is 5.63. The molecule has 1 N–H and O–H groups in total. The van der Waals surface area contributed by atoms with Gasteiger partial charge in [-0.05, 0) is 25.2 Å². The van der Waals surface area contributed by atoms with Crippen molar-refractivity contribution in [1.82, 2.24) is 9.88 Å². The van der Waals surface area contributed by atoms with Crippen molar-refractivity contribution in [1.29, 1.82) is 0 Å². The minimum absolute atomic E-state index is 0.0877. The molecule has 3 rings (SSSR count). The molecule has 0 unspecified atom stereocenters. The van der Waals surface area contributed by atoms with E-state index < -0.39 is 9.84 Å². The molecule has 0 amide bonds. The lowest BCUT2D eigenvalue weighted by molar-refractivity contribution is 0.305. The monoisotopic (exact) mass is 370 g/mol. The van der Waals surface area contributed by atoms with E-state index in [1.165, 1.54) is 12.1 Å². The van der Waals surface area contributed by atoms with E-state index in [2.05, 4.69) is 15.2 Å². The molecular weight excluding hydrogens is 352 g/mol. The number of hydrogen-bond acceptors (Lipinski definition) is 7. The van der Waals surface area contributed by atoms with E-state index in [1.807, 2.05) is 11.9 Å². The van der Waals surface area contributed by atoms with E-state index in [-0.39, 0.29) is 15.8 Å². The largest absolute Gasteiger partial charge is 0.406 e. The zero-order chi connectivity index (χ0) is 17.3. The maximum atomic E-state index is 12.9. The Balaban J connectivity index is 1.98. The van der Waals surface area contributed by atoms with Crippen LogP contribution < -0.4 is 10.2 Å². The molecule has 1 aliphatic heterocycles. The van der Waals surface area contributed by atoms with Gasteiger partial charge in [0.25, 0.3) is 0 Å². The van der Waals surface area contributed by atoms with E-state index in [1.54, 1.807) is 19.2 Å². The number of benzene rings is 1. The van der Waals surface area contributed by atoms with Gasteiger partial charge in [0.05, 0.1) is 4.90 Å².